The van der Waals surface area contributed by atoms with E-state index in [-0.39, 0.29) is 17.4 Å². The molecule has 3 aromatic rings. The number of carboxylic acid groups (broad SMARTS) is 1. The maximum atomic E-state index is 13.2. The zero-order valence-corrected chi connectivity index (χ0v) is 18.6. The van der Waals surface area contributed by atoms with Gasteiger partial charge in [-0.15, -0.1) is 0 Å². The lowest BCUT2D eigenvalue weighted by Crippen LogP contribution is -2.26. The van der Waals surface area contributed by atoms with E-state index in [1.54, 1.807) is 26.4 Å². The topological polar surface area (TPSA) is 84.8 Å². The van der Waals surface area contributed by atoms with Gasteiger partial charge < -0.3 is 19.5 Å². The molecule has 7 nitrogen and oxygen atoms in total. The number of aryl methyl sites for hydroxylation is 2. The fraction of sp³-hybridized carbons (Fsp3) is 0.320. The molecule has 8 heteroatoms. The highest BCUT2D eigenvalue weighted by molar-refractivity contribution is 5.88. The van der Waals surface area contributed by atoms with Gasteiger partial charge in [-0.25, -0.2) is 19.2 Å². The first-order valence-corrected chi connectivity index (χ1v) is 10.8. The Kier molecular flexibility index (Phi) is 6.72. The second-order valence-corrected chi connectivity index (χ2v) is 7.92. The van der Waals surface area contributed by atoms with E-state index in [1.807, 2.05) is 18.2 Å². The summed E-state index contributed by atoms with van der Waals surface area (Å²) in [6, 6.07) is 11.9. The van der Waals surface area contributed by atoms with Gasteiger partial charge in [0, 0.05) is 24.4 Å². The minimum atomic E-state index is -1.06. The molecule has 2 heterocycles. The van der Waals surface area contributed by atoms with Crippen LogP contribution in [0.5, 0.6) is 11.5 Å². The molecule has 0 saturated carbocycles. The van der Waals surface area contributed by atoms with Crippen molar-refractivity contribution in [3.8, 4) is 11.5 Å². The third kappa shape index (κ3) is 4.89. The molecule has 0 amide bonds. The molecule has 1 aliphatic rings. The second-order valence-electron chi connectivity index (χ2n) is 7.92. The molecule has 1 aliphatic heterocycles. The van der Waals surface area contributed by atoms with E-state index in [0.29, 0.717) is 30.2 Å². The second kappa shape index (κ2) is 9.85. The van der Waals surface area contributed by atoms with Crippen molar-refractivity contribution in [2.75, 3.05) is 25.7 Å². The van der Waals surface area contributed by atoms with Gasteiger partial charge in [0.2, 0.25) is 5.95 Å². The van der Waals surface area contributed by atoms with Crippen LogP contribution in [0.4, 0.5) is 10.3 Å². The van der Waals surface area contributed by atoms with Crippen LogP contribution in [0, 0.1) is 5.82 Å². The third-order valence-electron chi connectivity index (χ3n) is 5.96. The van der Waals surface area contributed by atoms with E-state index < -0.39 is 5.97 Å². The summed E-state index contributed by atoms with van der Waals surface area (Å²) in [5.74, 6) is 0.568. The van der Waals surface area contributed by atoms with Gasteiger partial charge in [-0.3, -0.25) is 0 Å². The van der Waals surface area contributed by atoms with Gasteiger partial charge in [0.1, 0.15) is 17.3 Å². The van der Waals surface area contributed by atoms with Crippen molar-refractivity contribution in [2.45, 2.75) is 31.7 Å². The molecule has 1 N–H and O–H groups in total. The molecule has 1 unspecified atom stereocenters. The number of hydrogen-bond acceptors (Lipinski definition) is 6. The predicted octanol–water partition coefficient (Wildman–Crippen LogP) is 4.46. The molecule has 172 valence electrons. The van der Waals surface area contributed by atoms with E-state index in [9.17, 15) is 14.3 Å². The van der Waals surface area contributed by atoms with Gasteiger partial charge in [-0.1, -0.05) is 12.1 Å². The number of carbonyl (C=O) groups is 1. The number of ether oxygens (including phenoxy) is 2. The lowest BCUT2D eigenvalue weighted by Gasteiger charge is -2.27. The summed E-state index contributed by atoms with van der Waals surface area (Å²) in [5, 5.41) is 9.63. The van der Waals surface area contributed by atoms with Crippen molar-refractivity contribution in [3.05, 3.63) is 76.9 Å². The van der Waals surface area contributed by atoms with Crippen LogP contribution < -0.4 is 14.4 Å². The molecule has 0 aliphatic carbocycles. The number of anilines is 1. The van der Waals surface area contributed by atoms with Gasteiger partial charge in [0.25, 0.3) is 0 Å². The summed E-state index contributed by atoms with van der Waals surface area (Å²) in [5.41, 5.74) is 2.47. The number of aromatic carboxylic acids is 1. The van der Waals surface area contributed by atoms with Crippen LogP contribution in [0.1, 0.15) is 46.1 Å². The van der Waals surface area contributed by atoms with Gasteiger partial charge >= 0.3 is 5.97 Å². The zero-order valence-electron chi connectivity index (χ0n) is 18.6. The molecule has 4 rings (SSSR count). The minimum Gasteiger partial charge on any atom is -0.497 e. The van der Waals surface area contributed by atoms with Crippen molar-refractivity contribution < 1.29 is 23.8 Å². The van der Waals surface area contributed by atoms with Gasteiger partial charge in [-0.2, -0.15) is 0 Å². The van der Waals surface area contributed by atoms with Crippen LogP contribution in [0.25, 0.3) is 0 Å². The maximum Gasteiger partial charge on any atom is 0.339 e. The first-order valence-electron chi connectivity index (χ1n) is 10.8. The lowest BCUT2D eigenvalue weighted by molar-refractivity contribution is 0.0694. The molecule has 33 heavy (non-hydrogen) atoms. The van der Waals surface area contributed by atoms with E-state index >= 15 is 0 Å². The van der Waals surface area contributed by atoms with Gasteiger partial charge in [-0.05, 0) is 55.5 Å². The van der Waals surface area contributed by atoms with Crippen LogP contribution in [0.3, 0.4) is 0 Å². The normalized spacial score (nSPS) is 15.5. The van der Waals surface area contributed by atoms with Crippen molar-refractivity contribution in [1.29, 1.82) is 0 Å². The Morgan fingerprint density at radius 3 is 2.64 bits per heavy atom. The molecule has 1 saturated heterocycles. The van der Waals surface area contributed by atoms with Crippen molar-refractivity contribution in [3.63, 3.8) is 0 Å². The largest absolute Gasteiger partial charge is 0.497 e. The van der Waals surface area contributed by atoms with E-state index in [4.69, 9.17) is 9.47 Å². The summed E-state index contributed by atoms with van der Waals surface area (Å²) in [6.45, 7) is 0.754. The van der Waals surface area contributed by atoms with Gasteiger partial charge in [0.05, 0.1) is 31.5 Å². The van der Waals surface area contributed by atoms with Crippen LogP contribution in [-0.2, 0) is 12.8 Å². The Labute approximate surface area is 191 Å². The number of aromatic nitrogens is 2. The fourth-order valence-electron chi connectivity index (χ4n) is 4.25. The summed E-state index contributed by atoms with van der Waals surface area (Å²) in [6.07, 6.45) is 4.19. The van der Waals surface area contributed by atoms with Crippen molar-refractivity contribution >= 4 is 11.9 Å². The molecule has 2 aromatic carbocycles. The van der Waals surface area contributed by atoms with E-state index in [1.165, 1.54) is 18.3 Å². The lowest BCUT2D eigenvalue weighted by atomic mass is 10.0. The number of nitrogens with zero attached hydrogens (tertiary/aromatic N) is 3. The molecule has 0 spiro atoms. The first kappa shape index (κ1) is 22.5. The summed E-state index contributed by atoms with van der Waals surface area (Å²) < 4.78 is 24.1. The summed E-state index contributed by atoms with van der Waals surface area (Å²) in [4.78, 5) is 22.9. The molecule has 1 fully saturated rings. The van der Waals surface area contributed by atoms with Crippen LogP contribution in [0.2, 0.25) is 0 Å². The summed E-state index contributed by atoms with van der Waals surface area (Å²) in [7, 11) is 3.24. The highest BCUT2D eigenvalue weighted by Gasteiger charge is 2.31. The highest BCUT2D eigenvalue weighted by atomic mass is 19.1. The number of methoxy groups -OCH3 is 2. The Morgan fingerprint density at radius 2 is 1.94 bits per heavy atom. The Bertz CT molecular complexity index is 1140. The molecule has 1 atom stereocenters. The van der Waals surface area contributed by atoms with Crippen LogP contribution >= 0.6 is 0 Å². The first-order chi connectivity index (χ1) is 16.0. The summed E-state index contributed by atoms with van der Waals surface area (Å²) >= 11 is 0. The predicted molar refractivity (Wildman–Crippen MR) is 122 cm³/mol. The number of halogens is 1. The average Bonchev–Trinajstić information content (AvgIpc) is 3.32. The highest BCUT2D eigenvalue weighted by Crippen LogP contribution is 2.40. The van der Waals surface area contributed by atoms with Crippen LogP contribution in [0.15, 0.2) is 48.7 Å². The van der Waals surface area contributed by atoms with Crippen molar-refractivity contribution in [2.24, 2.45) is 0 Å². The van der Waals surface area contributed by atoms with Crippen LogP contribution in [-0.4, -0.2) is 41.8 Å². The van der Waals surface area contributed by atoms with Crippen molar-refractivity contribution in [1.82, 2.24) is 9.97 Å². The minimum absolute atomic E-state index is 0.00600. The van der Waals surface area contributed by atoms with E-state index in [0.717, 1.165) is 36.3 Å². The smallest absolute Gasteiger partial charge is 0.339 e. The molecule has 1 aromatic heterocycles. The number of benzene rings is 2. The quantitative estimate of drug-likeness (QED) is 0.541. The zero-order chi connectivity index (χ0) is 23.4. The number of rotatable bonds is 8. The molecular weight excluding hydrogens is 425 g/mol. The SMILES string of the molecule is COc1ccc(C2CCCN2c2ncc(C(=O)O)c(CCc3ccc(F)cc3)n2)c(OC)c1. The van der Waals surface area contributed by atoms with E-state index in [2.05, 4.69) is 14.9 Å². The fourth-order valence-corrected chi connectivity index (χ4v) is 4.25. The molecule has 0 radical (unpaired) electrons. The maximum absolute atomic E-state index is 13.2. The van der Waals surface area contributed by atoms with Gasteiger partial charge in [0.15, 0.2) is 0 Å². The number of carboxylic acids is 1. The monoisotopic (exact) mass is 451 g/mol. The third-order valence-corrected chi connectivity index (χ3v) is 5.96. The molecule has 0 bridgehead atoms. The number of hydrogen-bond donors (Lipinski definition) is 1. The molecular formula is C25H26FN3O4. The Hall–Kier alpha value is -3.68. The average molecular weight is 451 g/mol. The Morgan fingerprint density at radius 1 is 1.15 bits per heavy atom. The standard InChI is InChI=1S/C25H26FN3O4/c1-32-18-10-11-19(23(14-18)33-2)22-4-3-13-29(22)25-27-15-20(24(30)31)21(28-25)12-7-16-5-8-17(26)9-6-16/h5-6,8-11,14-15,22H,3-4,7,12-13H2,1-2H3,(H,30,31). The Balaban J connectivity index is 1.63.